The smallest absolute Gasteiger partial charge is 0.195 e. The molecule has 0 saturated heterocycles. The highest BCUT2D eigenvalue weighted by molar-refractivity contribution is 5.81. The lowest BCUT2D eigenvalue weighted by Crippen LogP contribution is -2.11. The number of hydrogen-bond donors (Lipinski definition) is 1. The van der Waals surface area contributed by atoms with Crippen molar-refractivity contribution in [3.8, 4) is 0 Å². The van der Waals surface area contributed by atoms with Crippen LogP contribution in [-0.4, -0.2) is 4.98 Å². The Morgan fingerprint density at radius 2 is 2.00 bits per heavy atom. The molecule has 0 aliphatic heterocycles. The van der Waals surface area contributed by atoms with Crippen LogP contribution in [-0.2, 0) is 11.8 Å². The first-order chi connectivity index (χ1) is 7.41. The predicted octanol–water partition coefficient (Wildman–Crippen LogP) is 3.27. The van der Waals surface area contributed by atoms with E-state index in [1.54, 1.807) is 0 Å². The molecule has 2 N–H and O–H groups in total. The number of fused-ring (bicyclic) bond motifs is 1. The van der Waals surface area contributed by atoms with E-state index in [4.69, 9.17) is 10.2 Å². The molecule has 0 fully saturated rings. The first-order valence-electron chi connectivity index (χ1n) is 5.61. The van der Waals surface area contributed by atoms with E-state index in [1.807, 2.05) is 19.1 Å². The summed E-state index contributed by atoms with van der Waals surface area (Å²) >= 11 is 0. The van der Waals surface area contributed by atoms with E-state index in [1.165, 1.54) is 0 Å². The maximum Gasteiger partial charge on any atom is 0.195 e. The number of rotatable bonds is 1. The molecule has 0 aliphatic carbocycles. The van der Waals surface area contributed by atoms with Crippen LogP contribution in [0.5, 0.6) is 0 Å². The Morgan fingerprint density at radius 3 is 2.56 bits per heavy atom. The second-order valence-corrected chi connectivity index (χ2v) is 5.13. The zero-order valence-electron chi connectivity index (χ0n) is 10.3. The molecule has 86 valence electrons. The number of nitrogens with zero attached hydrogens (tertiary/aromatic N) is 1. The van der Waals surface area contributed by atoms with Gasteiger partial charge in [-0.1, -0.05) is 27.7 Å². The average molecular weight is 218 g/mol. The Morgan fingerprint density at radius 1 is 1.31 bits per heavy atom. The van der Waals surface area contributed by atoms with Crippen LogP contribution in [0.3, 0.4) is 0 Å². The van der Waals surface area contributed by atoms with Gasteiger partial charge in [-0.05, 0) is 17.5 Å². The van der Waals surface area contributed by atoms with Gasteiger partial charge in [0, 0.05) is 17.7 Å². The van der Waals surface area contributed by atoms with E-state index in [0.717, 1.165) is 34.7 Å². The third kappa shape index (κ3) is 1.77. The SMILES string of the molecule is CCc1nc2cc(N)cc(C(C)(C)C)c2o1. The van der Waals surface area contributed by atoms with Crippen LogP contribution in [0.25, 0.3) is 11.1 Å². The molecule has 1 aromatic heterocycles. The predicted molar refractivity (Wildman–Crippen MR) is 66.5 cm³/mol. The first kappa shape index (κ1) is 11.0. The molecular formula is C13H18N2O. The number of anilines is 1. The van der Waals surface area contributed by atoms with Crippen LogP contribution in [0.2, 0.25) is 0 Å². The van der Waals surface area contributed by atoms with Crippen LogP contribution in [0, 0.1) is 0 Å². The highest BCUT2D eigenvalue weighted by Crippen LogP contribution is 2.32. The number of nitrogen functional groups attached to an aromatic ring is 1. The van der Waals surface area contributed by atoms with Crippen molar-refractivity contribution in [2.24, 2.45) is 0 Å². The monoisotopic (exact) mass is 218 g/mol. The Bertz CT molecular complexity index is 520. The fourth-order valence-electron chi connectivity index (χ4n) is 1.81. The fourth-order valence-corrected chi connectivity index (χ4v) is 1.81. The maximum atomic E-state index is 5.89. The third-order valence-electron chi connectivity index (χ3n) is 2.67. The Labute approximate surface area is 95.7 Å². The molecule has 2 aromatic rings. The third-order valence-corrected chi connectivity index (χ3v) is 2.67. The van der Waals surface area contributed by atoms with Gasteiger partial charge in [0.25, 0.3) is 0 Å². The average Bonchev–Trinajstić information content (AvgIpc) is 2.57. The minimum atomic E-state index is 0.0121. The van der Waals surface area contributed by atoms with Gasteiger partial charge < -0.3 is 10.2 Å². The Kier molecular flexibility index (Phi) is 2.41. The molecule has 16 heavy (non-hydrogen) atoms. The second kappa shape index (κ2) is 3.51. The zero-order chi connectivity index (χ0) is 11.9. The van der Waals surface area contributed by atoms with E-state index >= 15 is 0 Å². The van der Waals surface area contributed by atoms with Gasteiger partial charge in [-0.15, -0.1) is 0 Å². The summed E-state index contributed by atoms with van der Waals surface area (Å²) in [6.07, 6.45) is 0.804. The molecule has 0 saturated carbocycles. The van der Waals surface area contributed by atoms with Gasteiger partial charge in [0.15, 0.2) is 11.5 Å². The molecule has 1 heterocycles. The van der Waals surface area contributed by atoms with Crippen molar-refractivity contribution in [2.75, 3.05) is 5.73 Å². The Hall–Kier alpha value is -1.51. The van der Waals surface area contributed by atoms with Crippen LogP contribution < -0.4 is 5.73 Å². The lowest BCUT2D eigenvalue weighted by atomic mass is 9.86. The Balaban J connectivity index is 2.76. The fraction of sp³-hybridized carbons (Fsp3) is 0.462. The number of benzene rings is 1. The normalized spacial score (nSPS) is 12.2. The molecule has 1 aromatic carbocycles. The quantitative estimate of drug-likeness (QED) is 0.747. The summed E-state index contributed by atoms with van der Waals surface area (Å²) in [5.41, 5.74) is 9.50. The molecule has 3 heteroatoms. The molecule has 0 spiro atoms. The van der Waals surface area contributed by atoms with Crippen molar-refractivity contribution in [1.29, 1.82) is 0 Å². The highest BCUT2D eigenvalue weighted by atomic mass is 16.3. The van der Waals surface area contributed by atoms with Crippen LogP contribution in [0.15, 0.2) is 16.5 Å². The van der Waals surface area contributed by atoms with Crippen molar-refractivity contribution in [1.82, 2.24) is 4.98 Å². The molecule has 0 bridgehead atoms. The van der Waals surface area contributed by atoms with Crippen LogP contribution >= 0.6 is 0 Å². The first-order valence-corrected chi connectivity index (χ1v) is 5.61. The van der Waals surface area contributed by atoms with Gasteiger partial charge in [0.1, 0.15) is 5.52 Å². The summed E-state index contributed by atoms with van der Waals surface area (Å²) < 4.78 is 5.76. The number of hydrogen-bond acceptors (Lipinski definition) is 3. The number of aryl methyl sites for hydroxylation is 1. The van der Waals surface area contributed by atoms with Crippen LogP contribution in [0.1, 0.15) is 39.1 Å². The largest absolute Gasteiger partial charge is 0.440 e. The maximum absolute atomic E-state index is 5.89. The number of nitrogens with two attached hydrogens (primary N) is 1. The molecule has 0 unspecified atom stereocenters. The second-order valence-electron chi connectivity index (χ2n) is 5.13. The van der Waals surface area contributed by atoms with E-state index in [0.29, 0.717) is 0 Å². The number of aromatic nitrogens is 1. The van der Waals surface area contributed by atoms with E-state index < -0.39 is 0 Å². The minimum Gasteiger partial charge on any atom is -0.440 e. The molecule has 0 atom stereocenters. The summed E-state index contributed by atoms with van der Waals surface area (Å²) in [6.45, 7) is 8.48. The van der Waals surface area contributed by atoms with E-state index in [9.17, 15) is 0 Å². The lowest BCUT2D eigenvalue weighted by Gasteiger charge is -2.19. The van der Waals surface area contributed by atoms with Gasteiger partial charge in [-0.25, -0.2) is 4.98 Å². The van der Waals surface area contributed by atoms with E-state index in [2.05, 4.69) is 25.8 Å². The van der Waals surface area contributed by atoms with Crippen molar-refractivity contribution in [3.63, 3.8) is 0 Å². The van der Waals surface area contributed by atoms with Gasteiger partial charge >= 0.3 is 0 Å². The highest BCUT2D eigenvalue weighted by Gasteiger charge is 2.21. The topological polar surface area (TPSA) is 52.0 Å². The van der Waals surface area contributed by atoms with Crippen molar-refractivity contribution >= 4 is 16.8 Å². The van der Waals surface area contributed by atoms with Crippen LogP contribution in [0.4, 0.5) is 5.69 Å². The van der Waals surface area contributed by atoms with Crippen molar-refractivity contribution in [3.05, 3.63) is 23.6 Å². The summed E-state index contributed by atoms with van der Waals surface area (Å²) in [6, 6.07) is 3.85. The van der Waals surface area contributed by atoms with Gasteiger partial charge in [0.05, 0.1) is 0 Å². The standard InChI is InChI=1S/C13H18N2O/c1-5-11-15-10-7-8(14)6-9(12(10)16-11)13(2,3)4/h6-7H,5,14H2,1-4H3. The summed E-state index contributed by atoms with van der Waals surface area (Å²) in [4.78, 5) is 4.42. The zero-order valence-corrected chi connectivity index (χ0v) is 10.3. The van der Waals surface area contributed by atoms with Crippen molar-refractivity contribution in [2.45, 2.75) is 39.5 Å². The minimum absolute atomic E-state index is 0.0121. The van der Waals surface area contributed by atoms with Gasteiger partial charge in [-0.2, -0.15) is 0 Å². The molecule has 2 rings (SSSR count). The molecular weight excluding hydrogens is 200 g/mol. The van der Waals surface area contributed by atoms with Gasteiger partial charge in [-0.3, -0.25) is 0 Å². The molecule has 0 aliphatic rings. The summed E-state index contributed by atoms with van der Waals surface area (Å²) in [5.74, 6) is 0.770. The molecule has 0 amide bonds. The number of oxazole rings is 1. The van der Waals surface area contributed by atoms with Crippen molar-refractivity contribution < 1.29 is 4.42 Å². The lowest BCUT2D eigenvalue weighted by molar-refractivity contribution is 0.518. The summed E-state index contributed by atoms with van der Waals surface area (Å²) in [5, 5.41) is 0. The molecule has 0 radical (unpaired) electrons. The van der Waals surface area contributed by atoms with E-state index in [-0.39, 0.29) is 5.41 Å². The molecule has 3 nitrogen and oxygen atoms in total. The summed E-state index contributed by atoms with van der Waals surface area (Å²) in [7, 11) is 0. The van der Waals surface area contributed by atoms with Gasteiger partial charge in [0.2, 0.25) is 0 Å².